The molecular weight excluding hydrogens is 502 g/mol. The minimum atomic E-state index is -1.04. The van der Waals surface area contributed by atoms with E-state index >= 15 is 0 Å². The molecule has 0 bridgehead atoms. The van der Waals surface area contributed by atoms with Gasteiger partial charge in [0.2, 0.25) is 5.88 Å². The number of carbonyl (C=O) groups is 2. The second kappa shape index (κ2) is 10.5. The molecule has 0 unspecified atom stereocenters. The molecule has 2 saturated heterocycles. The number of amides is 3. The molecular formula is C32H31N5O3. The SMILES string of the molecule is COc1cccc(N2C(=O)N(c3ccc(-c4ccccc4)cc3)C(=O)C23CCN(Cc2ncccc2C)CC3)n1. The van der Waals surface area contributed by atoms with Crippen LogP contribution in [0.1, 0.15) is 24.1 Å². The van der Waals surface area contributed by atoms with E-state index in [1.807, 2.05) is 66.9 Å². The highest BCUT2D eigenvalue weighted by atomic mass is 16.5. The Morgan fingerprint density at radius 1 is 0.850 bits per heavy atom. The van der Waals surface area contributed by atoms with E-state index in [1.165, 1.54) is 12.0 Å². The zero-order valence-electron chi connectivity index (χ0n) is 22.7. The van der Waals surface area contributed by atoms with Crippen LogP contribution >= 0.6 is 0 Å². The van der Waals surface area contributed by atoms with Crippen molar-refractivity contribution in [3.8, 4) is 17.0 Å². The number of hydrogen-bond acceptors (Lipinski definition) is 6. The summed E-state index contributed by atoms with van der Waals surface area (Å²) in [6.45, 7) is 4.06. The molecule has 8 heteroatoms. The van der Waals surface area contributed by atoms with Gasteiger partial charge in [0.15, 0.2) is 0 Å². The van der Waals surface area contributed by atoms with Crippen molar-refractivity contribution < 1.29 is 14.3 Å². The smallest absolute Gasteiger partial charge is 0.338 e. The molecule has 0 aliphatic carbocycles. The van der Waals surface area contributed by atoms with Gasteiger partial charge in [0, 0.05) is 31.9 Å². The number of aryl methyl sites for hydroxylation is 1. The molecule has 1 spiro atoms. The molecule has 4 heterocycles. The fourth-order valence-corrected chi connectivity index (χ4v) is 5.71. The molecule has 0 radical (unpaired) electrons. The third-order valence-electron chi connectivity index (χ3n) is 7.97. The molecule has 2 aromatic heterocycles. The number of ether oxygens (including phenoxy) is 1. The van der Waals surface area contributed by atoms with Gasteiger partial charge in [0.1, 0.15) is 11.4 Å². The topological polar surface area (TPSA) is 78.9 Å². The number of likely N-dealkylation sites (tertiary alicyclic amines) is 1. The lowest BCUT2D eigenvalue weighted by Crippen LogP contribution is -2.57. The summed E-state index contributed by atoms with van der Waals surface area (Å²) in [5.41, 5.74) is 3.77. The van der Waals surface area contributed by atoms with Gasteiger partial charge in [-0.1, -0.05) is 54.6 Å². The fourth-order valence-electron chi connectivity index (χ4n) is 5.71. The molecule has 40 heavy (non-hydrogen) atoms. The number of rotatable bonds is 6. The minimum Gasteiger partial charge on any atom is -0.481 e. The van der Waals surface area contributed by atoms with Crippen molar-refractivity contribution in [2.75, 3.05) is 30.0 Å². The van der Waals surface area contributed by atoms with E-state index in [-0.39, 0.29) is 5.91 Å². The first kappa shape index (κ1) is 25.7. The van der Waals surface area contributed by atoms with E-state index in [2.05, 4.69) is 27.9 Å². The number of carbonyl (C=O) groups excluding carboxylic acids is 2. The average molecular weight is 534 g/mol. The first-order chi connectivity index (χ1) is 19.5. The molecule has 4 aromatic rings. The van der Waals surface area contributed by atoms with Crippen molar-refractivity contribution in [2.24, 2.45) is 0 Å². The van der Waals surface area contributed by atoms with Crippen LogP contribution in [0, 0.1) is 6.92 Å². The lowest BCUT2D eigenvalue weighted by atomic mass is 9.85. The molecule has 8 nitrogen and oxygen atoms in total. The van der Waals surface area contributed by atoms with Crippen molar-refractivity contribution in [2.45, 2.75) is 31.8 Å². The van der Waals surface area contributed by atoms with Crippen molar-refractivity contribution in [1.29, 1.82) is 0 Å². The summed E-state index contributed by atoms with van der Waals surface area (Å²) in [5, 5.41) is 0. The number of benzene rings is 2. The van der Waals surface area contributed by atoms with Crippen LogP contribution in [-0.2, 0) is 11.3 Å². The first-order valence-corrected chi connectivity index (χ1v) is 13.5. The molecule has 2 aliphatic rings. The van der Waals surface area contributed by atoms with Crippen molar-refractivity contribution in [3.63, 3.8) is 0 Å². The Balaban J connectivity index is 1.33. The number of aromatic nitrogens is 2. The summed E-state index contributed by atoms with van der Waals surface area (Å²) in [7, 11) is 1.54. The van der Waals surface area contributed by atoms with Gasteiger partial charge in [-0.2, -0.15) is 4.98 Å². The Morgan fingerprint density at radius 2 is 1.57 bits per heavy atom. The maximum absolute atomic E-state index is 14.3. The summed E-state index contributed by atoms with van der Waals surface area (Å²) in [5.74, 6) is 0.583. The van der Waals surface area contributed by atoms with Crippen molar-refractivity contribution >= 4 is 23.4 Å². The first-order valence-electron chi connectivity index (χ1n) is 13.5. The maximum atomic E-state index is 14.3. The number of methoxy groups -OCH3 is 1. The summed E-state index contributed by atoms with van der Waals surface area (Å²) in [6.07, 6.45) is 2.78. The minimum absolute atomic E-state index is 0.219. The standard InChI is InChI=1S/C32H31N5O3/c1-23-8-7-19-33-27(23)22-35-20-17-32(18-21-35)30(38)36(31(39)37(32)28-11-6-12-29(34-28)40-2)26-15-13-25(14-16-26)24-9-4-3-5-10-24/h3-16,19H,17-18,20-22H2,1-2H3. The lowest BCUT2D eigenvalue weighted by Gasteiger charge is -2.41. The highest BCUT2D eigenvalue weighted by molar-refractivity contribution is 6.30. The van der Waals surface area contributed by atoms with Crippen LogP contribution < -0.4 is 14.5 Å². The molecule has 0 N–H and O–H groups in total. The van der Waals surface area contributed by atoms with E-state index in [0.29, 0.717) is 49.9 Å². The van der Waals surface area contributed by atoms with Gasteiger partial charge in [-0.3, -0.25) is 19.6 Å². The second-order valence-electron chi connectivity index (χ2n) is 10.3. The molecule has 6 rings (SSSR count). The van der Waals surface area contributed by atoms with Gasteiger partial charge in [0.05, 0.1) is 18.5 Å². The summed E-state index contributed by atoms with van der Waals surface area (Å²) < 4.78 is 5.35. The Labute approximate surface area is 233 Å². The normalized spacial score (nSPS) is 17.1. The summed E-state index contributed by atoms with van der Waals surface area (Å²) >= 11 is 0. The van der Waals surface area contributed by atoms with E-state index in [1.54, 1.807) is 23.1 Å². The van der Waals surface area contributed by atoms with Crippen LogP contribution in [0.15, 0.2) is 91.1 Å². The zero-order chi connectivity index (χ0) is 27.7. The van der Waals surface area contributed by atoms with Crippen LogP contribution in [0.3, 0.4) is 0 Å². The van der Waals surface area contributed by atoms with Crippen molar-refractivity contribution in [1.82, 2.24) is 14.9 Å². The van der Waals surface area contributed by atoms with Gasteiger partial charge in [-0.15, -0.1) is 0 Å². The predicted octanol–water partition coefficient (Wildman–Crippen LogP) is 5.47. The number of pyridine rings is 2. The number of urea groups is 1. The van der Waals surface area contributed by atoms with Crippen LogP contribution in [-0.4, -0.2) is 52.5 Å². The van der Waals surface area contributed by atoms with Gasteiger partial charge in [-0.05, 0) is 60.7 Å². The van der Waals surface area contributed by atoms with Crippen LogP contribution in [0.25, 0.3) is 11.1 Å². The predicted molar refractivity (Wildman–Crippen MR) is 154 cm³/mol. The second-order valence-corrected chi connectivity index (χ2v) is 10.3. The molecule has 2 aliphatic heterocycles. The number of anilines is 2. The molecule has 0 saturated carbocycles. The maximum Gasteiger partial charge on any atom is 0.338 e. The lowest BCUT2D eigenvalue weighted by molar-refractivity contribution is -0.123. The van der Waals surface area contributed by atoms with Gasteiger partial charge in [0.25, 0.3) is 5.91 Å². The van der Waals surface area contributed by atoms with Gasteiger partial charge < -0.3 is 4.74 Å². The van der Waals surface area contributed by atoms with E-state index < -0.39 is 11.6 Å². The number of piperidine rings is 1. The number of nitrogens with zero attached hydrogens (tertiary/aromatic N) is 5. The Morgan fingerprint density at radius 3 is 2.27 bits per heavy atom. The van der Waals surface area contributed by atoms with Crippen LogP contribution in [0.2, 0.25) is 0 Å². The largest absolute Gasteiger partial charge is 0.481 e. The molecule has 202 valence electrons. The van der Waals surface area contributed by atoms with Crippen LogP contribution in [0.5, 0.6) is 5.88 Å². The zero-order valence-corrected chi connectivity index (χ0v) is 22.7. The van der Waals surface area contributed by atoms with Crippen molar-refractivity contribution in [3.05, 3.63) is 102 Å². The van der Waals surface area contributed by atoms with Gasteiger partial charge in [-0.25, -0.2) is 9.69 Å². The Kier molecular flexibility index (Phi) is 6.77. The average Bonchev–Trinajstić information content (AvgIpc) is 3.21. The Bertz CT molecular complexity index is 1530. The highest BCUT2D eigenvalue weighted by Crippen LogP contribution is 2.42. The van der Waals surface area contributed by atoms with Gasteiger partial charge >= 0.3 is 6.03 Å². The third kappa shape index (κ3) is 4.50. The van der Waals surface area contributed by atoms with E-state index in [4.69, 9.17) is 4.74 Å². The molecule has 2 aromatic carbocycles. The highest BCUT2D eigenvalue weighted by Gasteiger charge is 2.59. The number of imide groups is 1. The quantitative estimate of drug-likeness (QED) is 0.306. The summed E-state index contributed by atoms with van der Waals surface area (Å²) in [4.78, 5) is 42.7. The van der Waals surface area contributed by atoms with Crippen LogP contribution in [0.4, 0.5) is 16.3 Å². The molecule has 2 fully saturated rings. The third-order valence-corrected chi connectivity index (χ3v) is 7.97. The number of hydrogen-bond donors (Lipinski definition) is 0. The fraction of sp³-hybridized carbons (Fsp3) is 0.250. The summed E-state index contributed by atoms with van der Waals surface area (Å²) in [6, 6.07) is 26.5. The van der Waals surface area contributed by atoms with E-state index in [9.17, 15) is 9.59 Å². The van der Waals surface area contributed by atoms with E-state index in [0.717, 1.165) is 22.4 Å². The molecule has 3 amide bonds. The Hall–Kier alpha value is -4.56. The monoisotopic (exact) mass is 533 g/mol. The molecule has 0 atom stereocenters.